The van der Waals surface area contributed by atoms with Crippen LogP contribution in [-0.2, 0) is 17.6 Å². The van der Waals surface area contributed by atoms with Crippen LogP contribution in [0, 0.1) is 5.92 Å². The van der Waals surface area contributed by atoms with Gasteiger partial charge in [-0.3, -0.25) is 9.69 Å². The normalized spacial score (nSPS) is 18.3. The highest BCUT2D eigenvalue weighted by Crippen LogP contribution is 2.37. The van der Waals surface area contributed by atoms with E-state index >= 15 is 0 Å². The van der Waals surface area contributed by atoms with E-state index in [0.717, 1.165) is 30.2 Å². The first-order valence-electron chi connectivity index (χ1n) is 11.6. The third kappa shape index (κ3) is 6.28. The molecule has 0 unspecified atom stereocenters. The van der Waals surface area contributed by atoms with E-state index in [1.54, 1.807) is 25.1 Å². The molecule has 0 saturated carbocycles. The van der Waals surface area contributed by atoms with Crippen molar-refractivity contribution in [3.63, 3.8) is 0 Å². The SMILES string of the molecule is CCOc1ccc(COc2ccc3c(c2)OCC(CN2CCC[C@@H](C(=O)O)C2)=C3)cc1C(F)(F)F. The van der Waals surface area contributed by atoms with Crippen LogP contribution in [0.15, 0.2) is 42.0 Å². The lowest BCUT2D eigenvalue weighted by Crippen LogP contribution is -2.40. The molecule has 6 nitrogen and oxygen atoms in total. The zero-order valence-electron chi connectivity index (χ0n) is 19.4. The number of nitrogens with zero attached hydrogens (tertiary/aromatic N) is 1. The molecule has 35 heavy (non-hydrogen) atoms. The average Bonchev–Trinajstić information content (AvgIpc) is 2.83. The molecule has 0 bridgehead atoms. The number of carboxylic acid groups (broad SMARTS) is 1. The number of halogens is 3. The van der Waals surface area contributed by atoms with Crippen molar-refractivity contribution in [2.75, 3.05) is 32.8 Å². The minimum Gasteiger partial charge on any atom is -0.493 e. The van der Waals surface area contributed by atoms with Crippen molar-refractivity contribution in [1.29, 1.82) is 0 Å². The Morgan fingerprint density at radius 3 is 2.77 bits per heavy atom. The number of carboxylic acids is 1. The van der Waals surface area contributed by atoms with Gasteiger partial charge in [0, 0.05) is 24.7 Å². The van der Waals surface area contributed by atoms with Crippen molar-refractivity contribution in [3.05, 3.63) is 58.7 Å². The summed E-state index contributed by atoms with van der Waals surface area (Å²) in [7, 11) is 0. The minimum absolute atomic E-state index is 0.0327. The fourth-order valence-corrected chi connectivity index (χ4v) is 4.40. The smallest absolute Gasteiger partial charge is 0.419 e. The highest BCUT2D eigenvalue weighted by atomic mass is 19.4. The molecular weight excluding hydrogens is 463 g/mol. The van der Waals surface area contributed by atoms with Gasteiger partial charge in [0.15, 0.2) is 0 Å². The third-order valence-electron chi connectivity index (χ3n) is 6.09. The van der Waals surface area contributed by atoms with E-state index in [-0.39, 0.29) is 24.9 Å². The summed E-state index contributed by atoms with van der Waals surface area (Å²) in [5.74, 6) is -0.152. The second-order valence-corrected chi connectivity index (χ2v) is 8.75. The van der Waals surface area contributed by atoms with Gasteiger partial charge < -0.3 is 19.3 Å². The summed E-state index contributed by atoms with van der Waals surface area (Å²) in [6, 6.07) is 9.24. The van der Waals surface area contributed by atoms with E-state index in [1.807, 2.05) is 12.1 Å². The van der Waals surface area contributed by atoms with E-state index in [4.69, 9.17) is 14.2 Å². The van der Waals surface area contributed by atoms with Crippen LogP contribution in [0.2, 0.25) is 0 Å². The second kappa shape index (κ2) is 10.6. The van der Waals surface area contributed by atoms with Crippen molar-refractivity contribution >= 4 is 12.0 Å². The standard InChI is InChI=1S/C26H28F3NO5/c1-2-33-23-8-5-17(11-22(23)26(27,28)29)15-34-21-7-6-19-10-18(16-35-24(19)12-21)13-30-9-3-4-20(14-30)25(31)32/h5-8,10-12,20H,2-4,9,13-16H2,1H3,(H,31,32)/t20-/m1/s1. The van der Waals surface area contributed by atoms with Gasteiger partial charge in [-0.2, -0.15) is 13.2 Å². The fraction of sp³-hybridized carbons (Fsp3) is 0.423. The molecule has 2 aromatic rings. The van der Waals surface area contributed by atoms with Crippen molar-refractivity contribution in [2.24, 2.45) is 5.92 Å². The van der Waals surface area contributed by atoms with Gasteiger partial charge in [-0.15, -0.1) is 0 Å². The van der Waals surface area contributed by atoms with Crippen LogP contribution in [0.5, 0.6) is 17.2 Å². The Morgan fingerprint density at radius 2 is 2.03 bits per heavy atom. The summed E-state index contributed by atoms with van der Waals surface area (Å²) in [5, 5.41) is 9.28. The van der Waals surface area contributed by atoms with Crippen LogP contribution in [0.4, 0.5) is 13.2 Å². The molecular formula is C26H28F3NO5. The number of rotatable bonds is 8. The topological polar surface area (TPSA) is 68.2 Å². The quantitative estimate of drug-likeness (QED) is 0.544. The molecule has 2 aromatic carbocycles. The maximum absolute atomic E-state index is 13.4. The number of hydrogen-bond acceptors (Lipinski definition) is 5. The fourth-order valence-electron chi connectivity index (χ4n) is 4.40. The summed E-state index contributed by atoms with van der Waals surface area (Å²) in [5.41, 5.74) is 1.50. The number of carbonyl (C=O) groups is 1. The maximum atomic E-state index is 13.4. The van der Waals surface area contributed by atoms with Crippen LogP contribution in [-0.4, -0.2) is 48.8 Å². The van der Waals surface area contributed by atoms with Gasteiger partial charge in [-0.25, -0.2) is 0 Å². The Bertz CT molecular complexity index is 1100. The summed E-state index contributed by atoms with van der Waals surface area (Å²) < 4.78 is 56.8. The molecule has 0 radical (unpaired) electrons. The van der Waals surface area contributed by atoms with Gasteiger partial charge in [0.2, 0.25) is 0 Å². The molecule has 2 aliphatic rings. The molecule has 0 amide bonds. The number of piperidine rings is 1. The zero-order valence-corrected chi connectivity index (χ0v) is 19.4. The van der Waals surface area contributed by atoms with Gasteiger partial charge in [-0.1, -0.05) is 6.07 Å². The van der Waals surface area contributed by atoms with Crippen LogP contribution in [0.1, 0.15) is 36.5 Å². The largest absolute Gasteiger partial charge is 0.493 e. The highest BCUT2D eigenvalue weighted by molar-refractivity contribution is 5.70. The number of aliphatic carboxylic acids is 1. The number of benzene rings is 2. The van der Waals surface area contributed by atoms with E-state index in [2.05, 4.69) is 4.90 Å². The first kappa shape index (κ1) is 24.9. The zero-order chi connectivity index (χ0) is 25.0. The molecule has 2 aliphatic heterocycles. The number of likely N-dealkylation sites (tertiary alicyclic amines) is 1. The van der Waals surface area contributed by atoms with Crippen molar-refractivity contribution in [3.8, 4) is 17.2 Å². The Hall–Kier alpha value is -3.20. The molecule has 9 heteroatoms. The first-order chi connectivity index (χ1) is 16.7. The first-order valence-corrected chi connectivity index (χ1v) is 11.6. The van der Waals surface area contributed by atoms with Crippen LogP contribution >= 0.6 is 0 Å². The Kier molecular flexibility index (Phi) is 7.54. The van der Waals surface area contributed by atoms with Gasteiger partial charge in [-0.05, 0) is 67.8 Å². The Balaban J connectivity index is 1.39. The third-order valence-corrected chi connectivity index (χ3v) is 6.09. The monoisotopic (exact) mass is 491 g/mol. The molecule has 0 aliphatic carbocycles. The van der Waals surface area contributed by atoms with Crippen LogP contribution in [0.3, 0.4) is 0 Å². The maximum Gasteiger partial charge on any atom is 0.419 e. The van der Waals surface area contributed by atoms with Gasteiger partial charge in [0.05, 0.1) is 18.1 Å². The molecule has 0 spiro atoms. The number of alkyl halides is 3. The Morgan fingerprint density at radius 1 is 1.20 bits per heavy atom. The van der Waals surface area contributed by atoms with Crippen molar-refractivity contribution < 1.29 is 37.3 Å². The highest BCUT2D eigenvalue weighted by Gasteiger charge is 2.34. The summed E-state index contributed by atoms with van der Waals surface area (Å²) in [6.45, 7) is 4.19. The van der Waals surface area contributed by atoms with E-state index < -0.39 is 17.7 Å². The summed E-state index contributed by atoms with van der Waals surface area (Å²) in [6.07, 6.45) is -0.912. The van der Waals surface area contributed by atoms with Crippen molar-refractivity contribution in [2.45, 2.75) is 32.5 Å². The van der Waals surface area contributed by atoms with Crippen LogP contribution in [0.25, 0.3) is 6.08 Å². The number of fused-ring (bicyclic) bond motifs is 1. The predicted molar refractivity (Wildman–Crippen MR) is 124 cm³/mol. The van der Waals surface area contributed by atoms with Gasteiger partial charge in [0.1, 0.15) is 30.5 Å². The average molecular weight is 492 g/mol. The molecule has 1 fully saturated rings. The molecule has 4 rings (SSSR count). The lowest BCUT2D eigenvalue weighted by Gasteiger charge is -2.32. The molecule has 0 aromatic heterocycles. The number of ether oxygens (including phenoxy) is 3. The van der Waals surface area contributed by atoms with Crippen molar-refractivity contribution in [1.82, 2.24) is 4.90 Å². The molecule has 1 saturated heterocycles. The van der Waals surface area contributed by atoms with Gasteiger partial charge >= 0.3 is 12.1 Å². The summed E-state index contributed by atoms with van der Waals surface area (Å²) >= 11 is 0. The molecule has 1 atom stereocenters. The molecule has 188 valence electrons. The Labute approximate surface area is 201 Å². The van der Waals surface area contributed by atoms with E-state index in [1.165, 1.54) is 6.07 Å². The van der Waals surface area contributed by atoms with E-state index in [9.17, 15) is 23.1 Å². The minimum atomic E-state index is -4.52. The van der Waals surface area contributed by atoms with E-state index in [0.29, 0.717) is 43.2 Å². The molecule has 1 N–H and O–H groups in total. The lowest BCUT2D eigenvalue weighted by atomic mass is 9.97. The van der Waals surface area contributed by atoms with Crippen LogP contribution < -0.4 is 14.2 Å². The second-order valence-electron chi connectivity index (χ2n) is 8.75. The molecule has 2 heterocycles. The number of hydrogen-bond donors (Lipinski definition) is 1. The summed E-state index contributed by atoms with van der Waals surface area (Å²) in [4.78, 5) is 13.4. The lowest BCUT2D eigenvalue weighted by molar-refractivity contribution is -0.143. The van der Waals surface area contributed by atoms with Gasteiger partial charge in [0.25, 0.3) is 0 Å². The predicted octanol–water partition coefficient (Wildman–Crippen LogP) is 5.26.